The molecule has 0 spiro atoms. The maximum Gasteiger partial charge on any atom is 0.305 e. The van der Waals surface area contributed by atoms with E-state index in [1.807, 2.05) is 0 Å². The molecule has 6 heteroatoms. The number of hydrogen-bond acceptors (Lipinski definition) is 5. The van der Waals surface area contributed by atoms with E-state index in [0.29, 0.717) is 25.9 Å². The number of carbonyl (C=O) groups excluding carboxylic acids is 2. The number of carbonyl (C=O) groups is 2. The first-order chi connectivity index (χ1) is 43.0. The molecule has 0 aromatic rings. The van der Waals surface area contributed by atoms with Crippen molar-refractivity contribution < 1.29 is 24.5 Å². The second-order valence-electron chi connectivity index (χ2n) is 28.5. The van der Waals surface area contributed by atoms with Crippen molar-refractivity contribution in [1.82, 2.24) is 5.32 Å². The molecule has 0 aliphatic heterocycles. The van der Waals surface area contributed by atoms with Crippen molar-refractivity contribution in [3.63, 3.8) is 0 Å². The molecule has 0 bridgehead atoms. The maximum atomic E-state index is 12.6. The Morgan fingerprint density at radius 3 is 0.701 bits per heavy atom. The summed E-state index contributed by atoms with van der Waals surface area (Å²) in [6.07, 6.45) is 96.3. The quantitative estimate of drug-likeness (QED) is 0.0417. The minimum atomic E-state index is -0.661. The number of rotatable bonds is 78. The highest BCUT2D eigenvalue weighted by atomic mass is 16.5. The van der Waals surface area contributed by atoms with Crippen LogP contribution < -0.4 is 5.32 Å². The van der Waals surface area contributed by atoms with Gasteiger partial charge in [0.25, 0.3) is 0 Å². The zero-order chi connectivity index (χ0) is 62.8. The Balaban J connectivity index is 3.30. The lowest BCUT2D eigenvalue weighted by atomic mass is 10.0. The summed E-state index contributed by atoms with van der Waals surface area (Å²) < 4.78 is 5.52. The third-order valence-electron chi connectivity index (χ3n) is 19.7. The van der Waals surface area contributed by atoms with Crippen LogP contribution in [-0.2, 0) is 14.3 Å². The van der Waals surface area contributed by atoms with Crippen LogP contribution in [0.2, 0.25) is 0 Å². The molecule has 0 radical (unpaired) electrons. The third-order valence-corrected chi connectivity index (χ3v) is 19.7. The zero-order valence-electron chi connectivity index (χ0n) is 59.8. The van der Waals surface area contributed by atoms with Crippen molar-refractivity contribution in [2.75, 3.05) is 13.2 Å². The number of amides is 1. The molecular formula is C81H161NO5. The van der Waals surface area contributed by atoms with E-state index in [0.717, 1.165) is 38.5 Å². The molecule has 0 fully saturated rings. The van der Waals surface area contributed by atoms with Crippen molar-refractivity contribution in [2.45, 2.75) is 495 Å². The monoisotopic (exact) mass is 1230 g/mol. The third kappa shape index (κ3) is 73.8. The van der Waals surface area contributed by atoms with E-state index >= 15 is 0 Å². The normalized spacial score (nSPS) is 12.4. The van der Waals surface area contributed by atoms with Gasteiger partial charge in [-0.15, -0.1) is 0 Å². The highest BCUT2D eigenvalue weighted by Crippen LogP contribution is 2.21. The fourth-order valence-electron chi connectivity index (χ4n) is 13.5. The standard InChI is InChI=1S/C81H161NO5/c1-3-5-7-9-11-13-15-17-19-21-23-38-41-45-49-53-57-61-65-69-73-79(84)78(77-83)82-80(85)74-70-66-62-58-54-50-46-42-39-35-33-31-29-27-25-24-26-28-30-32-34-36-40-44-48-52-56-60-64-68-72-76-87-81(86)75-71-67-63-59-55-51-47-43-37-22-20-18-16-14-12-10-8-6-4-2/h78-79,83-84H,3-77H2,1-2H3,(H,82,85). The fraction of sp³-hybridized carbons (Fsp3) is 0.975. The van der Waals surface area contributed by atoms with Crippen molar-refractivity contribution in [3.05, 3.63) is 0 Å². The Morgan fingerprint density at radius 1 is 0.276 bits per heavy atom. The van der Waals surface area contributed by atoms with Gasteiger partial charge in [0.05, 0.1) is 25.4 Å². The molecule has 0 rings (SSSR count). The largest absolute Gasteiger partial charge is 0.466 e. The molecule has 6 nitrogen and oxygen atoms in total. The lowest BCUT2D eigenvalue weighted by molar-refractivity contribution is -0.143. The second-order valence-corrected chi connectivity index (χ2v) is 28.5. The molecule has 0 saturated carbocycles. The van der Waals surface area contributed by atoms with Crippen LogP contribution in [0.1, 0.15) is 483 Å². The van der Waals surface area contributed by atoms with Gasteiger partial charge in [0, 0.05) is 12.8 Å². The van der Waals surface area contributed by atoms with Gasteiger partial charge in [0.15, 0.2) is 0 Å². The summed E-state index contributed by atoms with van der Waals surface area (Å²) in [5.41, 5.74) is 0. The summed E-state index contributed by atoms with van der Waals surface area (Å²) in [4.78, 5) is 24.7. The molecule has 0 heterocycles. The predicted octanol–water partition coefficient (Wildman–Crippen LogP) is 26.9. The molecule has 1 amide bonds. The highest BCUT2D eigenvalue weighted by Gasteiger charge is 2.20. The van der Waals surface area contributed by atoms with Gasteiger partial charge >= 0.3 is 5.97 Å². The summed E-state index contributed by atoms with van der Waals surface area (Å²) in [6.45, 7) is 5.03. The van der Waals surface area contributed by atoms with Crippen LogP contribution in [0.3, 0.4) is 0 Å². The van der Waals surface area contributed by atoms with Crippen LogP contribution in [0.5, 0.6) is 0 Å². The van der Waals surface area contributed by atoms with Gasteiger partial charge in [-0.05, 0) is 25.7 Å². The van der Waals surface area contributed by atoms with Crippen LogP contribution in [0.4, 0.5) is 0 Å². The molecule has 0 aromatic carbocycles. The van der Waals surface area contributed by atoms with Gasteiger partial charge in [0.1, 0.15) is 0 Å². The Kier molecular flexibility index (Phi) is 76.3. The highest BCUT2D eigenvalue weighted by molar-refractivity contribution is 5.76. The summed E-state index contributed by atoms with van der Waals surface area (Å²) in [7, 11) is 0. The van der Waals surface area contributed by atoms with Crippen LogP contribution in [-0.4, -0.2) is 47.4 Å². The Labute approximate surface area is 547 Å². The van der Waals surface area contributed by atoms with Crippen molar-refractivity contribution in [1.29, 1.82) is 0 Å². The second kappa shape index (κ2) is 77.3. The van der Waals surface area contributed by atoms with Gasteiger partial charge in [-0.1, -0.05) is 444 Å². The predicted molar refractivity (Wildman–Crippen MR) is 384 cm³/mol. The number of unbranched alkanes of at least 4 members (excludes halogenated alkanes) is 67. The van der Waals surface area contributed by atoms with Crippen molar-refractivity contribution in [3.8, 4) is 0 Å². The van der Waals surface area contributed by atoms with Crippen LogP contribution in [0, 0.1) is 0 Å². The average Bonchev–Trinajstić information content (AvgIpc) is 3.53. The molecule has 87 heavy (non-hydrogen) atoms. The smallest absolute Gasteiger partial charge is 0.305 e. The van der Waals surface area contributed by atoms with E-state index in [2.05, 4.69) is 19.2 Å². The van der Waals surface area contributed by atoms with E-state index in [4.69, 9.17) is 4.74 Å². The van der Waals surface area contributed by atoms with Gasteiger partial charge < -0.3 is 20.3 Å². The van der Waals surface area contributed by atoms with Crippen LogP contribution in [0.15, 0.2) is 0 Å². The van der Waals surface area contributed by atoms with E-state index in [1.165, 1.54) is 411 Å². The number of esters is 1. The summed E-state index contributed by atoms with van der Waals surface area (Å²) >= 11 is 0. The van der Waals surface area contributed by atoms with Crippen molar-refractivity contribution in [2.24, 2.45) is 0 Å². The van der Waals surface area contributed by atoms with Gasteiger partial charge in [0.2, 0.25) is 5.91 Å². The minimum Gasteiger partial charge on any atom is -0.466 e. The number of nitrogens with one attached hydrogen (secondary N) is 1. The molecule has 520 valence electrons. The topological polar surface area (TPSA) is 95.9 Å². The Morgan fingerprint density at radius 2 is 0.471 bits per heavy atom. The van der Waals surface area contributed by atoms with Gasteiger partial charge in [-0.3, -0.25) is 9.59 Å². The van der Waals surface area contributed by atoms with Gasteiger partial charge in [-0.25, -0.2) is 0 Å². The van der Waals surface area contributed by atoms with E-state index in [9.17, 15) is 19.8 Å². The molecule has 0 aliphatic carbocycles. The molecule has 0 saturated heterocycles. The number of ether oxygens (including phenoxy) is 1. The van der Waals surface area contributed by atoms with E-state index in [-0.39, 0.29) is 18.5 Å². The average molecular weight is 1230 g/mol. The van der Waals surface area contributed by atoms with Crippen LogP contribution >= 0.6 is 0 Å². The molecule has 0 aromatic heterocycles. The van der Waals surface area contributed by atoms with Crippen LogP contribution in [0.25, 0.3) is 0 Å². The summed E-state index contributed by atoms with van der Waals surface area (Å²) in [5.74, 6) is 0.00245. The lowest BCUT2D eigenvalue weighted by Crippen LogP contribution is -2.45. The van der Waals surface area contributed by atoms with Gasteiger partial charge in [-0.2, -0.15) is 0 Å². The molecule has 2 unspecified atom stereocenters. The first-order valence-electron chi connectivity index (χ1n) is 40.8. The minimum absolute atomic E-state index is 0.0247. The Hall–Kier alpha value is -1.14. The Bertz CT molecular complexity index is 1280. The molecule has 3 N–H and O–H groups in total. The SMILES string of the molecule is CCCCCCCCCCCCCCCCCCCCCCC(O)C(CO)NC(=O)CCCCCCCCCCCCCCCCCCCCCCCCCCCCCCCCCOC(=O)CCCCCCCCCCCCCCCCCCCCC. The number of aliphatic hydroxyl groups is 2. The molecular weight excluding hydrogens is 1070 g/mol. The zero-order valence-corrected chi connectivity index (χ0v) is 59.8. The molecule has 2 atom stereocenters. The fourth-order valence-corrected chi connectivity index (χ4v) is 13.5. The van der Waals surface area contributed by atoms with E-state index in [1.54, 1.807) is 0 Å². The maximum absolute atomic E-state index is 12.6. The summed E-state index contributed by atoms with van der Waals surface area (Å²) in [6, 6.07) is -0.538. The number of hydrogen-bond donors (Lipinski definition) is 3. The van der Waals surface area contributed by atoms with E-state index < -0.39 is 12.1 Å². The summed E-state index contributed by atoms with van der Waals surface area (Å²) in [5, 5.41) is 23.4. The van der Waals surface area contributed by atoms with Crippen molar-refractivity contribution >= 4 is 11.9 Å². The first-order valence-corrected chi connectivity index (χ1v) is 40.8. The lowest BCUT2D eigenvalue weighted by Gasteiger charge is -2.22. The number of aliphatic hydroxyl groups excluding tert-OH is 2. The molecule has 0 aliphatic rings. The first kappa shape index (κ1) is 85.9.